The first-order chi connectivity index (χ1) is 7.22. The number of fused-ring (bicyclic) bond motifs is 1. The predicted molar refractivity (Wildman–Crippen MR) is 56.6 cm³/mol. The van der Waals surface area contributed by atoms with E-state index in [-0.39, 0.29) is 5.92 Å². The van der Waals surface area contributed by atoms with E-state index in [0.29, 0.717) is 6.42 Å². The molecule has 3 nitrogen and oxygen atoms in total. The molecule has 78 valence electrons. The molecule has 0 spiro atoms. The van der Waals surface area contributed by atoms with Gasteiger partial charge in [0.2, 0.25) is 0 Å². The van der Waals surface area contributed by atoms with Crippen molar-refractivity contribution in [3.63, 3.8) is 0 Å². The van der Waals surface area contributed by atoms with Crippen LogP contribution in [-0.2, 0) is 17.7 Å². The zero-order chi connectivity index (χ0) is 10.8. The third-order valence-corrected chi connectivity index (χ3v) is 3.66. The van der Waals surface area contributed by atoms with Gasteiger partial charge >= 0.3 is 0 Å². The molecule has 2 radical (unpaired) electrons. The second kappa shape index (κ2) is 4.65. The molecule has 3 atom stereocenters. The van der Waals surface area contributed by atoms with Crippen molar-refractivity contribution in [2.45, 2.75) is 23.9 Å². The van der Waals surface area contributed by atoms with E-state index in [1.807, 2.05) is 18.2 Å². The van der Waals surface area contributed by atoms with Crippen molar-refractivity contribution in [1.82, 2.24) is 0 Å². The van der Waals surface area contributed by atoms with Gasteiger partial charge < -0.3 is 5.11 Å². The van der Waals surface area contributed by atoms with Crippen molar-refractivity contribution in [2.75, 3.05) is 0 Å². The van der Waals surface area contributed by atoms with Crippen molar-refractivity contribution in [1.29, 1.82) is 0 Å². The quantitative estimate of drug-likeness (QED) is 0.439. The molecule has 1 aromatic carbocycles. The lowest BCUT2D eigenvalue weighted by molar-refractivity contribution is -0.272. The minimum absolute atomic E-state index is 0.0603. The van der Waals surface area contributed by atoms with Gasteiger partial charge in [-0.25, -0.2) is 0 Å². The van der Waals surface area contributed by atoms with Gasteiger partial charge in [0.25, 0.3) is 0 Å². The Balaban J connectivity index is 2.22. The number of aliphatic hydroxyl groups is 1. The van der Waals surface area contributed by atoms with E-state index in [0.717, 1.165) is 6.42 Å². The Labute approximate surface area is 97.0 Å². The second-order valence-corrected chi connectivity index (χ2v) is 4.64. The number of hydrogen-bond acceptors (Lipinski definition) is 3. The van der Waals surface area contributed by atoms with Crippen molar-refractivity contribution < 1.29 is 15.3 Å². The Hall–Kier alpha value is -0.368. The fraction of sp³-hybridized carbons (Fsp3) is 0.455. The number of aliphatic hydroxyl groups excluding tert-OH is 1. The molecule has 0 aliphatic heterocycles. The summed E-state index contributed by atoms with van der Waals surface area (Å²) in [6.07, 6.45) is 0.927. The fourth-order valence-corrected chi connectivity index (χ4v) is 2.53. The molecule has 0 aromatic heterocycles. The van der Waals surface area contributed by atoms with E-state index in [2.05, 4.69) is 27.2 Å². The van der Waals surface area contributed by atoms with E-state index < -0.39 is 11.1 Å². The fourth-order valence-electron chi connectivity index (χ4n) is 2.14. The van der Waals surface area contributed by atoms with Crippen molar-refractivity contribution in [3.05, 3.63) is 35.4 Å². The molecule has 1 aromatic rings. The normalized spacial score (nSPS) is 27.1. The molecule has 1 aliphatic rings. The summed E-state index contributed by atoms with van der Waals surface area (Å²) in [6, 6.07) is 8.06. The second-order valence-electron chi connectivity index (χ2n) is 3.98. The van der Waals surface area contributed by atoms with Crippen LogP contribution in [0.3, 0.4) is 0 Å². The highest BCUT2D eigenvalue weighted by atomic mass is 27.0. The molecule has 0 saturated heterocycles. The molecule has 15 heavy (non-hydrogen) atoms. The molecule has 0 saturated carbocycles. The van der Waals surface area contributed by atoms with Gasteiger partial charge in [-0.05, 0) is 24.0 Å². The minimum atomic E-state index is -0.449. The number of benzene rings is 1. The van der Waals surface area contributed by atoms with Crippen LogP contribution in [0.1, 0.15) is 11.1 Å². The lowest BCUT2D eigenvalue weighted by Crippen LogP contribution is -2.39. The van der Waals surface area contributed by atoms with Gasteiger partial charge in [-0.1, -0.05) is 24.3 Å². The Morgan fingerprint density at radius 1 is 1.27 bits per heavy atom. The maximum atomic E-state index is 9.91. The molecular formula is C11H13AlO3. The Bertz CT molecular complexity index is 342. The standard InChI is InChI=1S/C11H13O3.Al/c12-11-6-9-4-2-1-3-8(9)5-10(11)7-14-13;/h1-4,7,10-13H,5-6H2;. The predicted octanol–water partition coefficient (Wildman–Crippen LogP) is 0.746. The van der Waals surface area contributed by atoms with Gasteiger partial charge in [-0.2, -0.15) is 0 Å². The smallest absolute Gasteiger partial charge is 0.177 e. The van der Waals surface area contributed by atoms with Gasteiger partial charge in [0.05, 0.1) is 6.10 Å². The van der Waals surface area contributed by atoms with E-state index in [1.165, 1.54) is 11.1 Å². The summed E-state index contributed by atoms with van der Waals surface area (Å²) in [7, 11) is 0. The van der Waals surface area contributed by atoms with Crippen molar-refractivity contribution in [2.24, 2.45) is 5.92 Å². The van der Waals surface area contributed by atoms with Crippen molar-refractivity contribution in [3.8, 4) is 0 Å². The zero-order valence-corrected chi connectivity index (χ0v) is 9.49. The van der Waals surface area contributed by atoms with Gasteiger partial charge in [-0.15, -0.1) is 0 Å². The molecule has 2 N–H and O–H groups in total. The van der Waals surface area contributed by atoms with E-state index in [9.17, 15) is 5.11 Å². The summed E-state index contributed by atoms with van der Waals surface area (Å²) >= 11 is 2.41. The van der Waals surface area contributed by atoms with Crippen LogP contribution in [0.2, 0.25) is 0 Å². The van der Waals surface area contributed by atoms with E-state index >= 15 is 0 Å². The van der Waals surface area contributed by atoms with Crippen LogP contribution >= 0.6 is 0 Å². The summed E-state index contributed by atoms with van der Waals surface area (Å²) < 4.78 is 0. The Kier molecular flexibility index (Phi) is 3.45. The van der Waals surface area contributed by atoms with Crippen LogP contribution in [0.4, 0.5) is 0 Å². The van der Waals surface area contributed by atoms with Gasteiger partial charge in [-0.3, -0.25) is 10.1 Å². The monoisotopic (exact) mass is 220 g/mol. The molecule has 0 heterocycles. The maximum Gasteiger partial charge on any atom is 0.177 e. The first-order valence-corrected chi connectivity index (χ1v) is 5.69. The summed E-state index contributed by atoms with van der Waals surface area (Å²) in [5.74, 6) is -0.0603. The van der Waals surface area contributed by atoms with Crippen LogP contribution in [0.25, 0.3) is 0 Å². The lowest BCUT2D eigenvalue weighted by atomic mass is 9.82. The molecule has 1 aliphatic carbocycles. The highest BCUT2D eigenvalue weighted by Crippen LogP contribution is 2.27. The average molecular weight is 220 g/mol. The van der Waals surface area contributed by atoms with Gasteiger partial charge in [0.1, 0.15) is 0 Å². The average Bonchev–Trinajstić information content (AvgIpc) is 2.27. The number of hydrogen-bond donors (Lipinski definition) is 2. The summed E-state index contributed by atoms with van der Waals surface area (Å²) in [4.78, 5) is 3.87. The van der Waals surface area contributed by atoms with Gasteiger partial charge in [0, 0.05) is 10.9 Å². The molecule has 2 rings (SSSR count). The number of rotatable bonds is 2. The summed E-state index contributed by atoms with van der Waals surface area (Å²) in [6.45, 7) is 0. The topological polar surface area (TPSA) is 49.7 Å². The third-order valence-electron chi connectivity index (χ3n) is 3.04. The van der Waals surface area contributed by atoms with Crippen LogP contribution in [0.15, 0.2) is 24.3 Å². The molecule has 0 amide bonds. The van der Waals surface area contributed by atoms with E-state index in [4.69, 9.17) is 5.26 Å². The Morgan fingerprint density at radius 2 is 1.87 bits per heavy atom. The SMILES string of the molecule is OO[CH]([Al])C1Cc2ccccc2CC1O. The van der Waals surface area contributed by atoms with Crippen LogP contribution < -0.4 is 0 Å². The van der Waals surface area contributed by atoms with Crippen LogP contribution in [0, 0.1) is 5.92 Å². The highest BCUT2D eigenvalue weighted by Gasteiger charge is 2.30. The largest absolute Gasteiger partial charge is 0.392 e. The highest BCUT2D eigenvalue weighted by molar-refractivity contribution is 6.11. The molecule has 4 heteroatoms. The first kappa shape index (κ1) is 11.1. The summed E-state index contributed by atoms with van der Waals surface area (Å²) in [5.41, 5.74) is 2.42. The lowest BCUT2D eigenvalue weighted by Gasteiger charge is -2.33. The first-order valence-electron chi connectivity index (χ1n) is 5.03. The van der Waals surface area contributed by atoms with Crippen molar-refractivity contribution >= 4 is 16.3 Å². The van der Waals surface area contributed by atoms with Crippen LogP contribution in [0.5, 0.6) is 0 Å². The molecule has 3 unspecified atom stereocenters. The molecule has 0 fully saturated rings. The Morgan fingerprint density at radius 3 is 2.47 bits per heavy atom. The molecule has 0 bridgehead atoms. The van der Waals surface area contributed by atoms with E-state index in [1.54, 1.807) is 0 Å². The third kappa shape index (κ3) is 2.25. The summed E-state index contributed by atoms with van der Waals surface area (Å²) in [5, 5.41) is 18.5. The maximum absolute atomic E-state index is 9.91. The van der Waals surface area contributed by atoms with Crippen LogP contribution in [-0.4, -0.2) is 37.7 Å². The van der Waals surface area contributed by atoms with Gasteiger partial charge in [0.15, 0.2) is 16.3 Å². The minimum Gasteiger partial charge on any atom is -0.392 e. The zero-order valence-electron chi connectivity index (χ0n) is 8.34. The molecular weight excluding hydrogens is 207 g/mol.